The summed E-state index contributed by atoms with van der Waals surface area (Å²) in [5.74, 6) is 1.13. The Morgan fingerprint density at radius 1 is 1.43 bits per heavy atom. The van der Waals surface area contributed by atoms with Crippen molar-refractivity contribution in [3.63, 3.8) is 0 Å². The molecule has 0 spiro atoms. The van der Waals surface area contributed by atoms with Crippen molar-refractivity contribution in [2.24, 2.45) is 0 Å². The van der Waals surface area contributed by atoms with Crippen molar-refractivity contribution in [3.8, 4) is 11.7 Å². The van der Waals surface area contributed by atoms with Crippen LogP contribution < -0.4 is 0 Å². The van der Waals surface area contributed by atoms with Gasteiger partial charge >= 0.3 is 0 Å². The Bertz CT molecular complexity index is 424. The van der Waals surface area contributed by atoms with Crippen LogP contribution in [0.3, 0.4) is 0 Å². The van der Waals surface area contributed by atoms with Gasteiger partial charge in [-0.05, 0) is 23.7 Å². The molecular weight excluding hydrogens is 208 g/mol. The van der Waals surface area contributed by atoms with Gasteiger partial charge in [-0.25, -0.2) is 0 Å². The van der Waals surface area contributed by atoms with E-state index in [-0.39, 0.29) is 17.7 Å². The van der Waals surface area contributed by atoms with E-state index in [0.717, 1.165) is 0 Å². The van der Waals surface area contributed by atoms with Crippen LogP contribution in [0.25, 0.3) is 11.7 Å². The van der Waals surface area contributed by atoms with Crippen molar-refractivity contribution in [1.82, 2.24) is 10.1 Å². The second-order valence-corrected chi connectivity index (χ2v) is 2.97. The summed E-state index contributed by atoms with van der Waals surface area (Å²) in [4.78, 5) is 3.99. The lowest BCUT2D eigenvalue weighted by molar-refractivity contribution is 0.293. The normalized spacial score (nSPS) is 10.7. The molecule has 0 aliphatic rings. The molecule has 6 heteroatoms. The van der Waals surface area contributed by atoms with Crippen LogP contribution in [0, 0.1) is 0 Å². The van der Waals surface area contributed by atoms with Crippen LogP contribution in [-0.4, -0.2) is 21.9 Å². The van der Waals surface area contributed by atoms with E-state index < -0.39 is 0 Å². The van der Waals surface area contributed by atoms with Crippen LogP contribution >= 0.6 is 11.6 Å². The van der Waals surface area contributed by atoms with E-state index in [0.29, 0.717) is 18.0 Å². The Balaban J connectivity index is 2.24. The second kappa shape index (κ2) is 3.81. The number of furan rings is 1. The van der Waals surface area contributed by atoms with Crippen molar-refractivity contribution in [3.05, 3.63) is 23.2 Å². The molecule has 0 unspecified atom stereocenters. The van der Waals surface area contributed by atoms with Crippen molar-refractivity contribution in [2.45, 2.75) is 6.42 Å². The van der Waals surface area contributed by atoms with Crippen LogP contribution in [-0.2, 0) is 6.42 Å². The molecule has 2 aromatic rings. The molecule has 0 aliphatic carbocycles. The maximum Gasteiger partial charge on any atom is 0.293 e. The average molecular weight is 215 g/mol. The molecule has 0 saturated heterocycles. The van der Waals surface area contributed by atoms with Crippen LogP contribution in [0.1, 0.15) is 5.82 Å². The first-order valence-electron chi connectivity index (χ1n) is 3.99. The van der Waals surface area contributed by atoms with E-state index >= 15 is 0 Å². The van der Waals surface area contributed by atoms with Gasteiger partial charge in [-0.15, -0.1) is 0 Å². The molecule has 2 heterocycles. The molecule has 5 nitrogen and oxygen atoms in total. The SMILES string of the molecule is OCCc1noc(-c2ccc(Cl)o2)n1. The largest absolute Gasteiger partial charge is 0.440 e. The minimum absolute atomic E-state index is 0.0160. The zero-order valence-electron chi connectivity index (χ0n) is 7.11. The summed E-state index contributed by atoms with van der Waals surface area (Å²) in [6.45, 7) is -0.0160. The Hall–Kier alpha value is -1.33. The number of aliphatic hydroxyl groups is 1. The lowest BCUT2D eigenvalue weighted by atomic mass is 10.4. The summed E-state index contributed by atoms with van der Waals surface area (Å²) in [5, 5.41) is 12.5. The molecule has 0 atom stereocenters. The minimum atomic E-state index is -0.0160. The van der Waals surface area contributed by atoms with Gasteiger partial charge in [0.2, 0.25) is 0 Å². The molecule has 2 rings (SSSR count). The first-order chi connectivity index (χ1) is 6.79. The zero-order valence-corrected chi connectivity index (χ0v) is 7.86. The lowest BCUT2D eigenvalue weighted by Crippen LogP contribution is -1.92. The van der Waals surface area contributed by atoms with Gasteiger partial charge in [0.05, 0.1) is 6.61 Å². The Kier molecular flexibility index (Phi) is 2.51. The average Bonchev–Trinajstić information content (AvgIpc) is 2.74. The quantitative estimate of drug-likeness (QED) is 0.839. The minimum Gasteiger partial charge on any atom is -0.440 e. The third-order valence-electron chi connectivity index (χ3n) is 1.59. The van der Waals surface area contributed by atoms with Crippen molar-refractivity contribution >= 4 is 11.6 Å². The smallest absolute Gasteiger partial charge is 0.293 e. The predicted octanol–water partition coefficient (Wildman–Crippen LogP) is 1.52. The summed E-state index contributed by atoms with van der Waals surface area (Å²) in [6, 6.07) is 3.23. The van der Waals surface area contributed by atoms with Crippen molar-refractivity contribution < 1.29 is 14.0 Å². The highest BCUT2D eigenvalue weighted by molar-refractivity contribution is 6.28. The van der Waals surface area contributed by atoms with E-state index in [2.05, 4.69) is 10.1 Å². The molecule has 0 amide bonds. The number of hydrogen-bond donors (Lipinski definition) is 1. The number of aliphatic hydroxyl groups excluding tert-OH is 1. The van der Waals surface area contributed by atoms with Crippen molar-refractivity contribution in [2.75, 3.05) is 6.61 Å². The van der Waals surface area contributed by atoms with E-state index in [4.69, 9.17) is 25.6 Å². The molecule has 0 saturated carbocycles. The highest BCUT2D eigenvalue weighted by Gasteiger charge is 2.11. The van der Waals surface area contributed by atoms with Gasteiger partial charge in [-0.3, -0.25) is 0 Å². The third kappa shape index (κ3) is 1.78. The first kappa shape index (κ1) is 9.23. The van der Waals surface area contributed by atoms with E-state index in [1.807, 2.05) is 0 Å². The van der Waals surface area contributed by atoms with Gasteiger partial charge in [-0.1, -0.05) is 5.16 Å². The molecule has 0 aliphatic heterocycles. The number of nitrogens with zero attached hydrogens (tertiary/aromatic N) is 2. The standard InChI is InChI=1S/C8H7ClN2O3/c9-6-2-1-5(13-6)8-10-7(3-4-12)11-14-8/h1-2,12H,3-4H2. The highest BCUT2D eigenvalue weighted by atomic mass is 35.5. The number of rotatable bonds is 3. The molecule has 1 N–H and O–H groups in total. The third-order valence-corrected chi connectivity index (χ3v) is 1.79. The number of aromatic nitrogens is 2. The summed E-state index contributed by atoms with van der Waals surface area (Å²) in [5.41, 5.74) is 0. The maximum atomic E-state index is 8.64. The predicted molar refractivity (Wildman–Crippen MR) is 47.8 cm³/mol. The monoisotopic (exact) mass is 214 g/mol. The van der Waals surface area contributed by atoms with E-state index in [9.17, 15) is 0 Å². The van der Waals surface area contributed by atoms with Crippen LogP contribution in [0.4, 0.5) is 0 Å². The van der Waals surface area contributed by atoms with Gasteiger partial charge < -0.3 is 14.0 Å². The van der Waals surface area contributed by atoms with E-state index in [1.165, 1.54) is 0 Å². The second-order valence-electron chi connectivity index (χ2n) is 2.59. The van der Waals surface area contributed by atoms with Crippen LogP contribution in [0.5, 0.6) is 0 Å². The number of halogens is 1. The molecular formula is C8H7ClN2O3. The lowest BCUT2D eigenvalue weighted by Gasteiger charge is -1.84. The fourth-order valence-electron chi connectivity index (χ4n) is 0.985. The molecule has 0 fully saturated rings. The first-order valence-corrected chi connectivity index (χ1v) is 4.36. The molecule has 74 valence electrons. The topological polar surface area (TPSA) is 72.3 Å². The summed E-state index contributed by atoms with van der Waals surface area (Å²) >= 11 is 5.58. The zero-order chi connectivity index (χ0) is 9.97. The molecule has 2 aromatic heterocycles. The van der Waals surface area contributed by atoms with Gasteiger partial charge in [0.15, 0.2) is 16.8 Å². The molecule has 0 radical (unpaired) electrons. The van der Waals surface area contributed by atoms with Crippen LogP contribution in [0.15, 0.2) is 21.1 Å². The number of hydrogen-bond acceptors (Lipinski definition) is 5. The van der Waals surface area contributed by atoms with Gasteiger partial charge in [0.1, 0.15) is 0 Å². The molecule has 14 heavy (non-hydrogen) atoms. The summed E-state index contributed by atoms with van der Waals surface area (Å²) in [6.07, 6.45) is 0.359. The summed E-state index contributed by atoms with van der Waals surface area (Å²) in [7, 11) is 0. The Morgan fingerprint density at radius 3 is 2.93 bits per heavy atom. The van der Waals surface area contributed by atoms with Crippen LogP contribution in [0.2, 0.25) is 5.22 Å². The Morgan fingerprint density at radius 2 is 2.29 bits per heavy atom. The molecule has 0 bridgehead atoms. The Labute approximate surface area is 84.3 Å². The van der Waals surface area contributed by atoms with Crippen molar-refractivity contribution in [1.29, 1.82) is 0 Å². The molecule has 0 aromatic carbocycles. The fraction of sp³-hybridized carbons (Fsp3) is 0.250. The summed E-state index contributed by atoms with van der Waals surface area (Å²) < 4.78 is 9.96. The van der Waals surface area contributed by atoms with E-state index in [1.54, 1.807) is 12.1 Å². The fourth-order valence-corrected chi connectivity index (χ4v) is 1.13. The maximum absolute atomic E-state index is 8.64. The van der Waals surface area contributed by atoms with Gasteiger partial charge in [0, 0.05) is 6.42 Å². The van der Waals surface area contributed by atoms with Gasteiger partial charge in [0.25, 0.3) is 5.89 Å². The van der Waals surface area contributed by atoms with Gasteiger partial charge in [-0.2, -0.15) is 4.98 Å². The highest BCUT2D eigenvalue weighted by Crippen LogP contribution is 2.22.